The quantitative estimate of drug-likeness (QED) is 0.705. The van der Waals surface area contributed by atoms with Gasteiger partial charge in [0.25, 0.3) is 0 Å². The van der Waals surface area contributed by atoms with Crippen molar-refractivity contribution in [2.24, 2.45) is 5.92 Å². The number of benzene rings is 2. The minimum Gasteiger partial charge on any atom is -0.480 e. The number of carbonyl (C=O) groups excluding carboxylic acids is 1. The fourth-order valence-electron chi connectivity index (χ4n) is 4.79. The summed E-state index contributed by atoms with van der Waals surface area (Å²) in [6.07, 6.45) is 5.31. The van der Waals surface area contributed by atoms with Gasteiger partial charge in [-0.2, -0.15) is 0 Å². The van der Waals surface area contributed by atoms with Gasteiger partial charge in [-0.1, -0.05) is 74.2 Å². The lowest BCUT2D eigenvalue weighted by molar-refractivity contribution is -0.141. The second-order valence-corrected chi connectivity index (χ2v) is 8.04. The summed E-state index contributed by atoms with van der Waals surface area (Å²) in [6, 6.07) is 15.4. The van der Waals surface area contributed by atoms with E-state index in [9.17, 15) is 14.7 Å². The number of hydrogen-bond acceptors (Lipinski definition) is 3. The van der Waals surface area contributed by atoms with Crippen LogP contribution in [0.3, 0.4) is 0 Å². The number of carboxylic acids is 1. The van der Waals surface area contributed by atoms with Crippen LogP contribution in [0.15, 0.2) is 48.5 Å². The van der Waals surface area contributed by atoms with Crippen molar-refractivity contribution in [2.75, 3.05) is 6.61 Å². The Morgan fingerprint density at radius 2 is 1.48 bits per heavy atom. The van der Waals surface area contributed by atoms with Gasteiger partial charge in [0.05, 0.1) is 0 Å². The molecule has 29 heavy (non-hydrogen) atoms. The molecule has 1 unspecified atom stereocenters. The van der Waals surface area contributed by atoms with E-state index < -0.39 is 18.1 Å². The van der Waals surface area contributed by atoms with E-state index in [2.05, 4.69) is 29.6 Å². The van der Waals surface area contributed by atoms with Crippen LogP contribution < -0.4 is 5.32 Å². The third-order valence-electron chi connectivity index (χ3n) is 6.25. The number of rotatable bonds is 5. The average Bonchev–Trinajstić information content (AvgIpc) is 2.86. The van der Waals surface area contributed by atoms with Crippen LogP contribution in [-0.2, 0) is 9.53 Å². The molecule has 5 heteroatoms. The maximum Gasteiger partial charge on any atom is 0.407 e. The van der Waals surface area contributed by atoms with Gasteiger partial charge in [0, 0.05) is 5.92 Å². The predicted molar refractivity (Wildman–Crippen MR) is 111 cm³/mol. The molecule has 0 radical (unpaired) electrons. The van der Waals surface area contributed by atoms with E-state index in [0.29, 0.717) is 0 Å². The summed E-state index contributed by atoms with van der Waals surface area (Å²) in [6.45, 7) is 0.191. The van der Waals surface area contributed by atoms with Gasteiger partial charge in [-0.05, 0) is 41.0 Å². The zero-order chi connectivity index (χ0) is 20.2. The van der Waals surface area contributed by atoms with Crippen molar-refractivity contribution in [1.82, 2.24) is 5.32 Å². The van der Waals surface area contributed by atoms with E-state index >= 15 is 0 Å². The topological polar surface area (TPSA) is 75.6 Å². The highest BCUT2D eigenvalue weighted by Crippen LogP contribution is 2.44. The first-order valence-electron chi connectivity index (χ1n) is 10.5. The summed E-state index contributed by atoms with van der Waals surface area (Å²) in [4.78, 5) is 24.2. The van der Waals surface area contributed by atoms with Crippen LogP contribution in [0.1, 0.15) is 55.6 Å². The van der Waals surface area contributed by atoms with Crippen molar-refractivity contribution in [1.29, 1.82) is 0 Å². The molecule has 152 valence electrons. The number of amides is 1. The van der Waals surface area contributed by atoms with E-state index in [1.807, 2.05) is 24.3 Å². The van der Waals surface area contributed by atoms with E-state index in [1.54, 1.807) is 0 Å². The Balaban J connectivity index is 1.43. The average molecular weight is 393 g/mol. The van der Waals surface area contributed by atoms with Crippen molar-refractivity contribution in [3.8, 4) is 11.1 Å². The highest BCUT2D eigenvalue weighted by atomic mass is 16.5. The largest absolute Gasteiger partial charge is 0.480 e. The van der Waals surface area contributed by atoms with Crippen LogP contribution in [-0.4, -0.2) is 29.8 Å². The molecule has 0 spiro atoms. The van der Waals surface area contributed by atoms with Crippen molar-refractivity contribution in [2.45, 2.75) is 50.5 Å². The Hall–Kier alpha value is -2.82. The van der Waals surface area contributed by atoms with Gasteiger partial charge in [-0.25, -0.2) is 9.59 Å². The summed E-state index contributed by atoms with van der Waals surface area (Å²) < 4.78 is 5.53. The van der Waals surface area contributed by atoms with E-state index in [0.717, 1.165) is 49.7 Å². The maximum atomic E-state index is 12.5. The Morgan fingerprint density at radius 1 is 0.931 bits per heavy atom. The second-order valence-electron chi connectivity index (χ2n) is 8.04. The highest BCUT2D eigenvalue weighted by molar-refractivity contribution is 5.81. The molecule has 2 aromatic carbocycles. The van der Waals surface area contributed by atoms with Crippen molar-refractivity contribution in [3.05, 3.63) is 59.7 Å². The standard InChI is InChI=1S/C24H27NO4/c26-23(27)22(16-9-3-1-2-4-10-16)25-24(28)29-15-21-19-13-7-5-11-17(19)18-12-6-8-14-20(18)21/h5-8,11-14,16,21-22H,1-4,9-10,15H2,(H,25,28)(H,26,27). The zero-order valence-electron chi connectivity index (χ0n) is 16.5. The predicted octanol–water partition coefficient (Wildman–Crippen LogP) is 4.95. The number of alkyl carbamates (subject to hydrolysis) is 1. The molecule has 0 aromatic heterocycles. The molecule has 1 atom stereocenters. The second kappa shape index (κ2) is 8.68. The molecular formula is C24H27NO4. The molecule has 2 N–H and O–H groups in total. The summed E-state index contributed by atoms with van der Waals surface area (Å²) in [5, 5.41) is 12.3. The Labute approximate surface area is 171 Å². The van der Waals surface area contributed by atoms with Gasteiger partial charge in [0.15, 0.2) is 0 Å². The minimum atomic E-state index is -0.981. The van der Waals surface area contributed by atoms with Gasteiger partial charge in [0.1, 0.15) is 12.6 Å². The molecule has 1 saturated carbocycles. The molecule has 2 aromatic rings. The smallest absolute Gasteiger partial charge is 0.407 e. The Bertz CT molecular complexity index is 840. The van der Waals surface area contributed by atoms with Crippen LogP contribution in [0.2, 0.25) is 0 Å². The Morgan fingerprint density at radius 3 is 2.03 bits per heavy atom. The first kappa shape index (κ1) is 19.5. The molecule has 1 fully saturated rings. The number of ether oxygens (including phenoxy) is 1. The molecule has 1 amide bonds. The number of carboxylic acid groups (broad SMARTS) is 1. The van der Waals surface area contributed by atoms with E-state index in [-0.39, 0.29) is 18.4 Å². The third kappa shape index (κ3) is 4.14. The molecule has 0 saturated heterocycles. The first-order valence-corrected chi connectivity index (χ1v) is 10.5. The summed E-state index contributed by atoms with van der Waals surface area (Å²) >= 11 is 0. The SMILES string of the molecule is O=C(NC(C(=O)O)C1CCCCCC1)OCC1c2ccccc2-c2ccccc21. The van der Waals surface area contributed by atoms with Crippen LogP contribution >= 0.6 is 0 Å². The summed E-state index contributed by atoms with van der Waals surface area (Å²) in [5.74, 6) is -1.05. The molecule has 5 nitrogen and oxygen atoms in total. The van der Waals surface area contributed by atoms with Crippen LogP contribution in [0, 0.1) is 5.92 Å². The monoisotopic (exact) mass is 393 g/mol. The van der Waals surface area contributed by atoms with Crippen LogP contribution in [0.5, 0.6) is 0 Å². The van der Waals surface area contributed by atoms with Gasteiger partial charge in [0.2, 0.25) is 0 Å². The van der Waals surface area contributed by atoms with E-state index in [1.165, 1.54) is 11.1 Å². The lowest BCUT2D eigenvalue weighted by Gasteiger charge is -2.23. The van der Waals surface area contributed by atoms with Crippen molar-refractivity contribution < 1.29 is 19.4 Å². The fourth-order valence-corrected chi connectivity index (χ4v) is 4.79. The molecule has 4 rings (SSSR count). The Kier molecular flexibility index (Phi) is 5.84. The maximum absolute atomic E-state index is 12.5. The van der Waals surface area contributed by atoms with Gasteiger partial charge >= 0.3 is 12.1 Å². The summed E-state index contributed by atoms with van der Waals surface area (Å²) in [5.41, 5.74) is 4.61. The number of fused-ring (bicyclic) bond motifs is 3. The number of aliphatic carboxylic acids is 1. The molecule has 0 bridgehead atoms. The fraction of sp³-hybridized carbons (Fsp3) is 0.417. The third-order valence-corrected chi connectivity index (χ3v) is 6.25. The lowest BCUT2D eigenvalue weighted by Crippen LogP contribution is -2.46. The van der Waals surface area contributed by atoms with Crippen molar-refractivity contribution >= 4 is 12.1 Å². The first-order chi connectivity index (χ1) is 14.1. The van der Waals surface area contributed by atoms with Gasteiger partial charge in [-0.15, -0.1) is 0 Å². The molecule has 0 aliphatic heterocycles. The number of nitrogens with one attached hydrogen (secondary N) is 1. The number of hydrogen-bond donors (Lipinski definition) is 2. The lowest BCUT2D eigenvalue weighted by atomic mass is 9.92. The minimum absolute atomic E-state index is 0.0320. The summed E-state index contributed by atoms with van der Waals surface area (Å²) in [7, 11) is 0. The zero-order valence-corrected chi connectivity index (χ0v) is 16.5. The van der Waals surface area contributed by atoms with Crippen molar-refractivity contribution in [3.63, 3.8) is 0 Å². The molecule has 2 aliphatic carbocycles. The van der Waals surface area contributed by atoms with E-state index in [4.69, 9.17) is 4.74 Å². The highest BCUT2D eigenvalue weighted by Gasteiger charge is 2.32. The van der Waals surface area contributed by atoms with Gasteiger partial charge < -0.3 is 15.2 Å². The molecular weight excluding hydrogens is 366 g/mol. The van der Waals surface area contributed by atoms with Gasteiger partial charge in [-0.3, -0.25) is 0 Å². The van der Waals surface area contributed by atoms with Crippen LogP contribution in [0.4, 0.5) is 4.79 Å². The normalized spacial score (nSPS) is 17.7. The van der Waals surface area contributed by atoms with Crippen LogP contribution in [0.25, 0.3) is 11.1 Å². The number of carbonyl (C=O) groups is 2. The molecule has 0 heterocycles. The molecule has 2 aliphatic rings.